The van der Waals surface area contributed by atoms with Gasteiger partial charge in [0.15, 0.2) is 0 Å². The topological polar surface area (TPSA) is 44.9 Å². The minimum Gasteiger partial charge on any atom is -0.355 e. The van der Waals surface area contributed by atoms with Crippen molar-refractivity contribution in [2.45, 2.75) is 19.3 Å². The molecule has 1 heterocycles. The number of amides is 1. The minimum absolute atomic E-state index is 0.104. The highest BCUT2D eigenvalue weighted by molar-refractivity contribution is 5.94. The number of anilines is 1. The Morgan fingerprint density at radius 2 is 2.00 bits per heavy atom. The first-order valence-corrected chi connectivity index (χ1v) is 7.89. The van der Waals surface area contributed by atoms with Crippen molar-refractivity contribution in [3.8, 4) is 11.3 Å². The zero-order valence-corrected chi connectivity index (χ0v) is 12.6. The summed E-state index contributed by atoms with van der Waals surface area (Å²) in [5.74, 6) is 0.0198. The number of benzene rings is 2. The van der Waals surface area contributed by atoms with Gasteiger partial charge >= 0.3 is 0 Å². The highest BCUT2D eigenvalue weighted by Gasteiger charge is 2.25. The van der Waals surface area contributed by atoms with Gasteiger partial charge in [-0.1, -0.05) is 18.6 Å². The number of halogens is 1. The van der Waals surface area contributed by atoms with Gasteiger partial charge in [-0.25, -0.2) is 4.39 Å². The number of carbonyl (C=O) groups excluding carboxylic acids is 1. The second kappa shape index (κ2) is 5.54. The van der Waals surface area contributed by atoms with E-state index in [0.717, 1.165) is 47.1 Å². The first-order valence-electron chi connectivity index (χ1n) is 7.89. The Morgan fingerprint density at radius 1 is 1.13 bits per heavy atom. The van der Waals surface area contributed by atoms with E-state index in [9.17, 15) is 9.18 Å². The highest BCUT2D eigenvalue weighted by atomic mass is 19.1. The number of aromatic amines is 1. The molecule has 3 nitrogen and oxygen atoms in total. The molecule has 4 rings (SSSR count). The summed E-state index contributed by atoms with van der Waals surface area (Å²) >= 11 is 0. The van der Waals surface area contributed by atoms with Crippen LogP contribution in [0.3, 0.4) is 0 Å². The van der Waals surface area contributed by atoms with Crippen LogP contribution in [0.25, 0.3) is 22.2 Å². The van der Waals surface area contributed by atoms with Gasteiger partial charge in [0, 0.05) is 33.8 Å². The van der Waals surface area contributed by atoms with E-state index in [4.69, 9.17) is 0 Å². The van der Waals surface area contributed by atoms with E-state index in [1.54, 1.807) is 6.07 Å². The van der Waals surface area contributed by atoms with E-state index in [2.05, 4.69) is 10.3 Å². The number of H-pyrrole nitrogens is 1. The van der Waals surface area contributed by atoms with Gasteiger partial charge in [-0.05, 0) is 49.2 Å². The van der Waals surface area contributed by atoms with Crippen LogP contribution in [0.1, 0.15) is 19.3 Å². The summed E-state index contributed by atoms with van der Waals surface area (Å²) in [4.78, 5) is 15.3. The fourth-order valence-corrected chi connectivity index (χ4v) is 2.94. The van der Waals surface area contributed by atoms with E-state index < -0.39 is 0 Å². The second-order valence-electron chi connectivity index (χ2n) is 6.11. The molecule has 0 bridgehead atoms. The Balaban J connectivity index is 1.62. The van der Waals surface area contributed by atoms with Gasteiger partial charge in [0.25, 0.3) is 0 Å². The van der Waals surface area contributed by atoms with Crippen molar-refractivity contribution in [2.24, 2.45) is 5.92 Å². The minimum atomic E-state index is -0.246. The molecular weight excluding hydrogens is 291 g/mol. The lowest BCUT2D eigenvalue weighted by Gasteiger charge is -2.24. The molecule has 1 saturated carbocycles. The highest BCUT2D eigenvalue weighted by Crippen LogP contribution is 2.29. The number of aromatic nitrogens is 1. The quantitative estimate of drug-likeness (QED) is 0.723. The van der Waals surface area contributed by atoms with Crippen LogP contribution in [0.2, 0.25) is 0 Å². The molecule has 1 aliphatic carbocycles. The first kappa shape index (κ1) is 14.0. The molecule has 0 atom stereocenters. The number of hydrogen-bond acceptors (Lipinski definition) is 1. The van der Waals surface area contributed by atoms with Gasteiger partial charge in [0.2, 0.25) is 5.91 Å². The molecule has 1 fully saturated rings. The molecule has 1 aliphatic rings. The number of hydrogen-bond donors (Lipinski definition) is 2. The molecule has 23 heavy (non-hydrogen) atoms. The Morgan fingerprint density at radius 3 is 2.78 bits per heavy atom. The van der Waals surface area contributed by atoms with E-state index in [1.807, 2.05) is 30.3 Å². The third-order valence-electron chi connectivity index (χ3n) is 4.50. The summed E-state index contributed by atoms with van der Waals surface area (Å²) in [6, 6.07) is 14.3. The normalized spacial score (nSPS) is 14.7. The molecule has 2 aromatic carbocycles. The molecule has 0 saturated heterocycles. The van der Waals surface area contributed by atoms with Gasteiger partial charge in [0.1, 0.15) is 5.82 Å². The van der Waals surface area contributed by atoms with Crippen LogP contribution in [0.4, 0.5) is 10.1 Å². The van der Waals surface area contributed by atoms with Crippen molar-refractivity contribution >= 4 is 22.5 Å². The van der Waals surface area contributed by atoms with Crippen LogP contribution in [-0.4, -0.2) is 10.9 Å². The lowest BCUT2D eigenvalue weighted by molar-refractivity contribution is -0.122. The molecule has 0 unspecified atom stereocenters. The lowest BCUT2D eigenvalue weighted by atomic mass is 9.85. The molecule has 1 amide bonds. The summed E-state index contributed by atoms with van der Waals surface area (Å²) in [6.45, 7) is 0. The van der Waals surface area contributed by atoms with Gasteiger partial charge in [-0.15, -0.1) is 0 Å². The Bertz CT molecular complexity index is 880. The van der Waals surface area contributed by atoms with Crippen LogP contribution in [0, 0.1) is 11.7 Å². The fraction of sp³-hybridized carbons (Fsp3) is 0.211. The molecule has 1 aromatic heterocycles. The monoisotopic (exact) mass is 308 g/mol. The summed E-state index contributed by atoms with van der Waals surface area (Å²) in [5.41, 5.74) is 3.56. The third-order valence-corrected chi connectivity index (χ3v) is 4.50. The maximum Gasteiger partial charge on any atom is 0.227 e. The summed E-state index contributed by atoms with van der Waals surface area (Å²) in [5, 5.41) is 3.82. The van der Waals surface area contributed by atoms with E-state index in [0.29, 0.717) is 0 Å². The summed E-state index contributed by atoms with van der Waals surface area (Å²) in [7, 11) is 0. The summed E-state index contributed by atoms with van der Waals surface area (Å²) in [6.07, 6.45) is 3.11. The van der Waals surface area contributed by atoms with Crippen molar-refractivity contribution < 1.29 is 9.18 Å². The zero-order chi connectivity index (χ0) is 15.8. The Hall–Kier alpha value is -2.62. The third kappa shape index (κ3) is 2.72. The van der Waals surface area contributed by atoms with Crippen LogP contribution in [0.5, 0.6) is 0 Å². The maximum absolute atomic E-state index is 13.3. The first-order chi connectivity index (χ1) is 11.2. The molecule has 4 heteroatoms. The van der Waals surface area contributed by atoms with Crippen molar-refractivity contribution in [1.29, 1.82) is 0 Å². The molecular formula is C19H17FN2O. The van der Waals surface area contributed by atoms with Crippen LogP contribution >= 0.6 is 0 Å². The number of rotatable bonds is 3. The van der Waals surface area contributed by atoms with Crippen molar-refractivity contribution in [3.63, 3.8) is 0 Å². The van der Waals surface area contributed by atoms with Crippen molar-refractivity contribution in [2.75, 3.05) is 5.32 Å². The SMILES string of the molecule is O=C(Nc1cccc(-c2cc3cc(F)ccc3[nH]2)c1)C1CCC1. The van der Waals surface area contributed by atoms with Crippen molar-refractivity contribution in [1.82, 2.24) is 4.98 Å². The maximum atomic E-state index is 13.3. The average Bonchev–Trinajstić information content (AvgIpc) is 2.88. The van der Waals surface area contributed by atoms with E-state index >= 15 is 0 Å². The average molecular weight is 308 g/mol. The van der Waals surface area contributed by atoms with Gasteiger partial charge in [-0.2, -0.15) is 0 Å². The molecule has 0 radical (unpaired) electrons. The Kier molecular flexibility index (Phi) is 3.37. The largest absolute Gasteiger partial charge is 0.355 e. The predicted octanol–water partition coefficient (Wildman–Crippen LogP) is 4.71. The predicted molar refractivity (Wildman–Crippen MR) is 89.7 cm³/mol. The molecule has 0 spiro atoms. The number of nitrogens with one attached hydrogen (secondary N) is 2. The zero-order valence-electron chi connectivity index (χ0n) is 12.6. The molecule has 3 aromatic rings. The van der Waals surface area contributed by atoms with Crippen LogP contribution in [-0.2, 0) is 4.79 Å². The standard InChI is InChI=1S/C19H17FN2O/c20-15-7-8-17-14(9-15)11-18(22-17)13-5-2-6-16(10-13)21-19(23)12-3-1-4-12/h2,5-12,22H,1,3-4H2,(H,21,23). The van der Waals surface area contributed by atoms with Crippen LogP contribution in [0.15, 0.2) is 48.5 Å². The number of fused-ring (bicyclic) bond motifs is 1. The smallest absolute Gasteiger partial charge is 0.227 e. The van der Waals surface area contributed by atoms with Crippen molar-refractivity contribution in [3.05, 3.63) is 54.3 Å². The summed E-state index contributed by atoms with van der Waals surface area (Å²) < 4.78 is 13.3. The van der Waals surface area contributed by atoms with E-state index in [-0.39, 0.29) is 17.6 Å². The Labute approximate surface area is 133 Å². The lowest BCUT2D eigenvalue weighted by Crippen LogP contribution is -2.27. The van der Waals surface area contributed by atoms with Gasteiger partial charge in [0.05, 0.1) is 0 Å². The second-order valence-corrected chi connectivity index (χ2v) is 6.11. The van der Waals surface area contributed by atoms with Gasteiger partial charge < -0.3 is 10.3 Å². The molecule has 2 N–H and O–H groups in total. The van der Waals surface area contributed by atoms with Gasteiger partial charge in [-0.3, -0.25) is 4.79 Å². The fourth-order valence-electron chi connectivity index (χ4n) is 2.94. The van der Waals surface area contributed by atoms with Crippen LogP contribution < -0.4 is 5.32 Å². The number of carbonyl (C=O) groups is 1. The molecule has 0 aliphatic heterocycles. The molecule has 116 valence electrons. The van der Waals surface area contributed by atoms with E-state index in [1.165, 1.54) is 12.1 Å².